The molecule has 1 fully saturated rings. The maximum Gasteiger partial charge on any atom is 0.255 e. The van der Waals surface area contributed by atoms with E-state index in [0.717, 1.165) is 18.6 Å². The van der Waals surface area contributed by atoms with E-state index in [1.54, 1.807) is 38.1 Å². The van der Waals surface area contributed by atoms with Gasteiger partial charge in [-0.05, 0) is 88.1 Å². The molecule has 0 bridgehead atoms. The largest absolute Gasteiger partial charge is 0.490 e. The fraction of sp³-hybridized carbons (Fsp3) is 0.381. The second-order valence-electron chi connectivity index (χ2n) is 7.28. The molecule has 0 aliphatic heterocycles. The molecule has 2 aromatic rings. The number of nitrogens with one attached hydrogen (secondary N) is 2. The molecule has 0 aromatic heterocycles. The zero-order valence-electron chi connectivity index (χ0n) is 16.1. The van der Waals surface area contributed by atoms with Crippen molar-refractivity contribution in [2.45, 2.75) is 50.9 Å². The molecule has 0 atom stereocenters. The minimum absolute atomic E-state index is 0.261. The molecule has 0 unspecified atom stereocenters. The van der Waals surface area contributed by atoms with Crippen molar-refractivity contribution in [1.82, 2.24) is 0 Å². The molecule has 0 saturated heterocycles. The van der Waals surface area contributed by atoms with Crippen LogP contribution in [0.3, 0.4) is 0 Å². The first kappa shape index (κ1) is 20.2. The highest BCUT2D eigenvalue weighted by Gasteiger charge is 2.17. The molecule has 1 aliphatic carbocycles. The lowest BCUT2D eigenvalue weighted by atomic mass is 10.2. The number of rotatable bonds is 7. The van der Waals surface area contributed by atoms with Crippen molar-refractivity contribution in [3.05, 3.63) is 54.1 Å². The van der Waals surface area contributed by atoms with E-state index in [1.807, 2.05) is 24.3 Å². The highest BCUT2D eigenvalue weighted by molar-refractivity contribution is 7.93. The van der Waals surface area contributed by atoms with Gasteiger partial charge >= 0.3 is 0 Å². The maximum absolute atomic E-state index is 12.4. The van der Waals surface area contributed by atoms with Crippen molar-refractivity contribution in [1.29, 1.82) is 0 Å². The van der Waals surface area contributed by atoms with E-state index < -0.39 is 15.3 Å². The fourth-order valence-corrected chi connectivity index (χ4v) is 3.69. The van der Waals surface area contributed by atoms with Gasteiger partial charge in [-0.1, -0.05) is 0 Å². The SMILES string of the molecule is CC(C)S(=O)(=O)Nc1ccc(C(=O)Nc2ccc(OC3CCCC3)cc2)cc1. The first-order chi connectivity index (χ1) is 13.3. The standard InChI is InChI=1S/C21H26N2O4S/c1-15(2)28(25,26)23-18-9-7-16(8-10-18)21(24)22-17-11-13-20(14-12-17)27-19-5-3-4-6-19/h7-15,19,23H,3-6H2,1-2H3,(H,22,24). The number of ether oxygens (including phenoxy) is 1. The monoisotopic (exact) mass is 402 g/mol. The molecule has 28 heavy (non-hydrogen) atoms. The molecule has 6 nitrogen and oxygen atoms in total. The number of hydrogen-bond donors (Lipinski definition) is 2. The summed E-state index contributed by atoms with van der Waals surface area (Å²) in [5, 5.41) is 2.30. The molecule has 3 rings (SSSR count). The zero-order valence-corrected chi connectivity index (χ0v) is 17.0. The topological polar surface area (TPSA) is 84.5 Å². The summed E-state index contributed by atoms with van der Waals surface area (Å²) in [6.07, 6.45) is 4.93. The van der Waals surface area contributed by atoms with Crippen LogP contribution in [0.1, 0.15) is 49.9 Å². The first-order valence-electron chi connectivity index (χ1n) is 9.53. The minimum Gasteiger partial charge on any atom is -0.490 e. The average Bonchev–Trinajstić information content (AvgIpc) is 3.16. The maximum atomic E-state index is 12.4. The van der Waals surface area contributed by atoms with Crippen LogP contribution >= 0.6 is 0 Å². The van der Waals surface area contributed by atoms with Crippen LogP contribution in [0, 0.1) is 0 Å². The molecule has 0 heterocycles. The van der Waals surface area contributed by atoms with E-state index in [2.05, 4.69) is 10.0 Å². The summed E-state index contributed by atoms with van der Waals surface area (Å²) >= 11 is 0. The van der Waals surface area contributed by atoms with Crippen LogP contribution in [0.25, 0.3) is 0 Å². The number of carbonyl (C=O) groups excluding carboxylic acids is 1. The fourth-order valence-electron chi connectivity index (χ4n) is 2.99. The number of sulfonamides is 1. The van der Waals surface area contributed by atoms with E-state index in [9.17, 15) is 13.2 Å². The summed E-state index contributed by atoms with van der Waals surface area (Å²) < 4.78 is 32.2. The minimum atomic E-state index is -3.41. The predicted octanol–water partition coefficient (Wildman–Crippen LogP) is 4.41. The molecule has 2 aromatic carbocycles. The number of amides is 1. The van der Waals surface area contributed by atoms with Crippen LogP contribution in [-0.2, 0) is 10.0 Å². The summed E-state index contributed by atoms with van der Waals surface area (Å²) in [6.45, 7) is 3.21. The van der Waals surface area contributed by atoms with Crippen LogP contribution in [0.2, 0.25) is 0 Å². The Morgan fingerprint density at radius 2 is 1.54 bits per heavy atom. The predicted molar refractivity (Wildman–Crippen MR) is 111 cm³/mol. The Balaban J connectivity index is 1.58. The Bertz CT molecular complexity index is 900. The third-order valence-electron chi connectivity index (χ3n) is 4.74. The quantitative estimate of drug-likeness (QED) is 0.718. The Morgan fingerprint density at radius 1 is 0.964 bits per heavy atom. The van der Waals surface area contributed by atoms with Crippen molar-refractivity contribution in [2.24, 2.45) is 0 Å². The molecule has 2 N–H and O–H groups in total. The Labute approximate surface area is 166 Å². The highest BCUT2D eigenvalue weighted by atomic mass is 32.2. The normalized spacial score (nSPS) is 14.8. The van der Waals surface area contributed by atoms with E-state index in [-0.39, 0.29) is 5.91 Å². The molecular weight excluding hydrogens is 376 g/mol. The summed E-state index contributed by atoms with van der Waals surface area (Å²) in [5.74, 6) is 0.550. The van der Waals surface area contributed by atoms with E-state index in [0.29, 0.717) is 23.0 Å². The lowest BCUT2D eigenvalue weighted by Crippen LogP contribution is -2.22. The zero-order chi connectivity index (χ0) is 20.1. The number of carbonyl (C=O) groups is 1. The van der Waals surface area contributed by atoms with Crippen LogP contribution in [0.15, 0.2) is 48.5 Å². The van der Waals surface area contributed by atoms with Gasteiger partial charge in [-0.3, -0.25) is 9.52 Å². The third kappa shape index (κ3) is 5.25. The van der Waals surface area contributed by atoms with Gasteiger partial charge in [0.1, 0.15) is 5.75 Å². The Kier molecular flexibility index (Phi) is 6.24. The first-order valence-corrected chi connectivity index (χ1v) is 11.1. The van der Waals surface area contributed by atoms with Gasteiger partial charge in [0.15, 0.2) is 0 Å². The van der Waals surface area contributed by atoms with Crippen LogP contribution < -0.4 is 14.8 Å². The second-order valence-corrected chi connectivity index (χ2v) is 9.51. The van der Waals surface area contributed by atoms with Crippen LogP contribution in [-0.4, -0.2) is 25.7 Å². The molecule has 7 heteroatoms. The number of hydrogen-bond acceptors (Lipinski definition) is 4. The van der Waals surface area contributed by atoms with Crippen molar-refractivity contribution >= 4 is 27.3 Å². The van der Waals surface area contributed by atoms with Gasteiger partial charge < -0.3 is 10.1 Å². The van der Waals surface area contributed by atoms with Crippen LogP contribution in [0.5, 0.6) is 5.75 Å². The van der Waals surface area contributed by atoms with Crippen molar-refractivity contribution < 1.29 is 17.9 Å². The summed E-state index contributed by atoms with van der Waals surface area (Å²) in [7, 11) is -3.41. The molecular formula is C21H26N2O4S. The Hall–Kier alpha value is -2.54. The highest BCUT2D eigenvalue weighted by Crippen LogP contribution is 2.25. The van der Waals surface area contributed by atoms with Gasteiger partial charge in [0, 0.05) is 16.9 Å². The average molecular weight is 403 g/mol. The molecule has 1 saturated carbocycles. The van der Waals surface area contributed by atoms with Gasteiger partial charge in [-0.25, -0.2) is 8.42 Å². The van der Waals surface area contributed by atoms with Gasteiger partial charge in [-0.2, -0.15) is 0 Å². The van der Waals surface area contributed by atoms with E-state index in [4.69, 9.17) is 4.74 Å². The summed E-state index contributed by atoms with van der Waals surface area (Å²) in [4.78, 5) is 12.4. The van der Waals surface area contributed by atoms with E-state index >= 15 is 0 Å². The van der Waals surface area contributed by atoms with Crippen molar-refractivity contribution in [3.8, 4) is 5.75 Å². The molecule has 1 amide bonds. The van der Waals surface area contributed by atoms with Gasteiger partial charge in [-0.15, -0.1) is 0 Å². The molecule has 150 valence electrons. The smallest absolute Gasteiger partial charge is 0.255 e. The Morgan fingerprint density at radius 3 is 2.11 bits per heavy atom. The molecule has 1 aliphatic rings. The van der Waals surface area contributed by atoms with Gasteiger partial charge in [0.25, 0.3) is 5.91 Å². The lowest BCUT2D eigenvalue weighted by molar-refractivity contribution is 0.102. The molecule has 0 spiro atoms. The van der Waals surface area contributed by atoms with Crippen molar-refractivity contribution in [3.63, 3.8) is 0 Å². The third-order valence-corrected chi connectivity index (χ3v) is 6.51. The summed E-state index contributed by atoms with van der Waals surface area (Å²) in [5.41, 5.74) is 1.55. The van der Waals surface area contributed by atoms with Gasteiger partial charge in [0.2, 0.25) is 10.0 Å². The lowest BCUT2D eigenvalue weighted by Gasteiger charge is -2.13. The van der Waals surface area contributed by atoms with E-state index in [1.165, 1.54) is 12.8 Å². The van der Waals surface area contributed by atoms with Gasteiger partial charge in [0.05, 0.1) is 11.4 Å². The van der Waals surface area contributed by atoms with Crippen LogP contribution in [0.4, 0.5) is 11.4 Å². The van der Waals surface area contributed by atoms with Crippen molar-refractivity contribution in [2.75, 3.05) is 10.0 Å². The molecule has 0 radical (unpaired) electrons. The number of benzene rings is 2. The number of anilines is 2. The second kappa shape index (κ2) is 8.65. The summed E-state index contributed by atoms with van der Waals surface area (Å²) in [6, 6.07) is 13.7.